The SMILES string of the molecule is CCc1ccccc1NC(=O)CNC(=O)c1ccc(Oc2ccc(C(N)=O)cc2)cc1. The van der Waals surface area contributed by atoms with Crippen LogP contribution in [0, 0.1) is 0 Å². The van der Waals surface area contributed by atoms with Gasteiger partial charge < -0.3 is 21.1 Å². The van der Waals surface area contributed by atoms with Crippen molar-refractivity contribution in [3.63, 3.8) is 0 Å². The van der Waals surface area contributed by atoms with Crippen molar-refractivity contribution in [1.82, 2.24) is 5.32 Å². The van der Waals surface area contributed by atoms with Crippen molar-refractivity contribution in [3.8, 4) is 11.5 Å². The number of hydrogen-bond donors (Lipinski definition) is 3. The van der Waals surface area contributed by atoms with Crippen LogP contribution >= 0.6 is 0 Å². The average Bonchev–Trinajstić information content (AvgIpc) is 2.78. The molecule has 0 aromatic heterocycles. The highest BCUT2D eigenvalue weighted by Crippen LogP contribution is 2.22. The van der Waals surface area contributed by atoms with Crippen LogP contribution < -0.4 is 21.1 Å². The summed E-state index contributed by atoms with van der Waals surface area (Å²) in [7, 11) is 0. The number of amides is 3. The molecule has 0 saturated carbocycles. The Balaban J connectivity index is 1.52. The molecule has 0 aliphatic heterocycles. The van der Waals surface area contributed by atoms with Crippen molar-refractivity contribution in [2.24, 2.45) is 5.73 Å². The number of hydrogen-bond acceptors (Lipinski definition) is 4. The highest BCUT2D eigenvalue weighted by Gasteiger charge is 2.10. The maximum absolute atomic E-state index is 12.3. The zero-order valence-corrected chi connectivity index (χ0v) is 17.1. The van der Waals surface area contributed by atoms with Crippen molar-refractivity contribution >= 4 is 23.4 Å². The van der Waals surface area contributed by atoms with Crippen molar-refractivity contribution in [2.45, 2.75) is 13.3 Å². The predicted octanol–water partition coefficient (Wildman–Crippen LogP) is 3.51. The van der Waals surface area contributed by atoms with E-state index >= 15 is 0 Å². The second-order valence-corrected chi connectivity index (χ2v) is 6.76. The Morgan fingerprint density at radius 3 is 2.00 bits per heavy atom. The summed E-state index contributed by atoms with van der Waals surface area (Å²) in [6, 6.07) is 20.5. The molecule has 158 valence electrons. The van der Waals surface area contributed by atoms with Gasteiger partial charge in [0, 0.05) is 16.8 Å². The summed E-state index contributed by atoms with van der Waals surface area (Å²) in [5.41, 5.74) is 7.78. The van der Waals surface area contributed by atoms with E-state index < -0.39 is 5.91 Å². The topological polar surface area (TPSA) is 111 Å². The largest absolute Gasteiger partial charge is 0.457 e. The summed E-state index contributed by atoms with van der Waals surface area (Å²) in [5.74, 6) is -0.112. The third kappa shape index (κ3) is 5.93. The lowest BCUT2D eigenvalue weighted by Gasteiger charge is -2.11. The second-order valence-electron chi connectivity index (χ2n) is 6.76. The molecular weight excluding hydrogens is 394 g/mol. The molecule has 0 spiro atoms. The van der Waals surface area contributed by atoms with Gasteiger partial charge in [0.15, 0.2) is 0 Å². The first-order valence-electron chi connectivity index (χ1n) is 9.80. The first-order valence-corrected chi connectivity index (χ1v) is 9.80. The van der Waals surface area contributed by atoms with E-state index in [0.717, 1.165) is 17.7 Å². The fourth-order valence-corrected chi connectivity index (χ4v) is 2.91. The van der Waals surface area contributed by atoms with Gasteiger partial charge in [0.1, 0.15) is 11.5 Å². The number of para-hydroxylation sites is 1. The zero-order chi connectivity index (χ0) is 22.2. The molecular formula is C24H23N3O4. The fourth-order valence-electron chi connectivity index (χ4n) is 2.91. The molecule has 0 radical (unpaired) electrons. The van der Waals surface area contributed by atoms with Crippen molar-refractivity contribution < 1.29 is 19.1 Å². The van der Waals surface area contributed by atoms with Gasteiger partial charge in [-0.05, 0) is 66.6 Å². The molecule has 0 fully saturated rings. The Hall–Kier alpha value is -4.13. The lowest BCUT2D eigenvalue weighted by atomic mass is 10.1. The van der Waals surface area contributed by atoms with Crippen molar-refractivity contribution in [2.75, 3.05) is 11.9 Å². The molecule has 0 saturated heterocycles. The van der Waals surface area contributed by atoms with Crippen LogP contribution in [0.15, 0.2) is 72.8 Å². The van der Waals surface area contributed by atoms with Crippen molar-refractivity contribution in [3.05, 3.63) is 89.5 Å². The van der Waals surface area contributed by atoms with Crippen molar-refractivity contribution in [1.29, 1.82) is 0 Å². The number of anilines is 1. The predicted molar refractivity (Wildman–Crippen MR) is 118 cm³/mol. The third-order valence-electron chi connectivity index (χ3n) is 4.57. The van der Waals surface area contributed by atoms with Gasteiger partial charge in [0.05, 0.1) is 6.54 Å². The minimum absolute atomic E-state index is 0.138. The normalized spacial score (nSPS) is 10.2. The Kier molecular flexibility index (Phi) is 7.01. The van der Waals surface area contributed by atoms with E-state index in [4.69, 9.17) is 10.5 Å². The molecule has 0 unspecified atom stereocenters. The average molecular weight is 417 g/mol. The lowest BCUT2D eigenvalue weighted by molar-refractivity contribution is -0.115. The summed E-state index contributed by atoms with van der Waals surface area (Å²) >= 11 is 0. The molecule has 3 amide bonds. The molecule has 3 aromatic rings. The van der Waals surface area contributed by atoms with Crippen LogP contribution in [-0.2, 0) is 11.2 Å². The molecule has 0 aliphatic rings. The minimum atomic E-state index is -0.509. The summed E-state index contributed by atoms with van der Waals surface area (Å²) < 4.78 is 5.69. The summed E-state index contributed by atoms with van der Waals surface area (Å²) in [4.78, 5) is 35.6. The van der Waals surface area contributed by atoms with Gasteiger partial charge >= 0.3 is 0 Å². The van der Waals surface area contributed by atoms with E-state index in [-0.39, 0.29) is 18.4 Å². The molecule has 7 nitrogen and oxygen atoms in total. The number of nitrogens with one attached hydrogen (secondary N) is 2. The Bertz CT molecular complexity index is 1080. The van der Waals surface area contributed by atoms with Crippen LogP contribution in [0.25, 0.3) is 0 Å². The second kappa shape index (κ2) is 10.1. The number of benzene rings is 3. The van der Waals surface area contributed by atoms with Gasteiger partial charge in [-0.3, -0.25) is 14.4 Å². The van der Waals surface area contributed by atoms with E-state index in [9.17, 15) is 14.4 Å². The molecule has 0 atom stereocenters. The van der Waals surface area contributed by atoms with Crippen LogP contribution in [0.2, 0.25) is 0 Å². The number of carbonyl (C=O) groups excluding carboxylic acids is 3. The lowest BCUT2D eigenvalue weighted by Crippen LogP contribution is -2.33. The zero-order valence-electron chi connectivity index (χ0n) is 17.1. The van der Waals surface area contributed by atoms with Gasteiger partial charge in [-0.2, -0.15) is 0 Å². The molecule has 31 heavy (non-hydrogen) atoms. The highest BCUT2D eigenvalue weighted by atomic mass is 16.5. The van der Waals surface area contributed by atoms with Crippen LogP contribution in [0.4, 0.5) is 5.69 Å². The van der Waals surface area contributed by atoms with E-state index in [0.29, 0.717) is 22.6 Å². The molecule has 0 aliphatic carbocycles. The quantitative estimate of drug-likeness (QED) is 0.521. The number of aryl methyl sites for hydroxylation is 1. The number of primary amides is 1. The fraction of sp³-hybridized carbons (Fsp3) is 0.125. The van der Waals surface area contributed by atoms with E-state index in [1.807, 2.05) is 31.2 Å². The van der Waals surface area contributed by atoms with Crippen LogP contribution in [0.3, 0.4) is 0 Å². The number of ether oxygens (including phenoxy) is 1. The number of rotatable bonds is 8. The van der Waals surface area contributed by atoms with Gasteiger partial charge in [0.25, 0.3) is 5.91 Å². The summed E-state index contributed by atoms with van der Waals surface area (Å²) in [5, 5.41) is 5.42. The molecule has 4 N–H and O–H groups in total. The van der Waals surface area contributed by atoms with Crippen LogP contribution in [-0.4, -0.2) is 24.3 Å². The summed E-state index contributed by atoms with van der Waals surface area (Å²) in [6.45, 7) is 1.87. The Morgan fingerprint density at radius 2 is 1.42 bits per heavy atom. The van der Waals surface area contributed by atoms with Gasteiger partial charge in [-0.15, -0.1) is 0 Å². The molecule has 7 heteroatoms. The number of carbonyl (C=O) groups is 3. The molecule has 3 aromatic carbocycles. The third-order valence-corrected chi connectivity index (χ3v) is 4.57. The summed E-state index contributed by atoms with van der Waals surface area (Å²) in [6.07, 6.45) is 0.798. The molecule has 0 bridgehead atoms. The van der Waals surface area contributed by atoms with E-state index in [2.05, 4.69) is 10.6 Å². The first-order chi connectivity index (χ1) is 15.0. The molecule has 3 rings (SSSR count). The minimum Gasteiger partial charge on any atom is -0.457 e. The van der Waals surface area contributed by atoms with Crippen LogP contribution in [0.1, 0.15) is 33.2 Å². The standard InChI is InChI=1S/C24H23N3O4/c1-2-16-5-3-4-6-21(16)27-22(28)15-26-24(30)18-9-13-20(14-10-18)31-19-11-7-17(8-12-19)23(25)29/h3-14H,2,15H2,1H3,(H2,25,29)(H,26,30)(H,27,28). The van der Waals surface area contributed by atoms with Gasteiger partial charge in [0.2, 0.25) is 11.8 Å². The maximum atomic E-state index is 12.3. The Labute approximate surface area is 180 Å². The Morgan fingerprint density at radius 1 is 0.839 bits per heavy atom. The highest BCUT2D eigenvalue weighted by molar-refractivity contribution is 5.99. The maximum Gasteiger partial charge on any atom is 0.251 e. The van der Waals surface area contributed by atoms with Crippen LogP contribution in [0.5, 0.6) is 11.5 Å². The number of nitrogens with two attached hydrogens (primary N) is 1. The van der Waals surface area contributed by atoms with Gasteiger partial charge in [-0.1, -0.05) is 25.1 Å². The monoisotopic (exact) mass is 417 g/mol. The smallest absolute Gasteiger partial charge is 0.251 e. The van der Waals surface area contributed by atoms with E-state index in [1.54, 1.807) is 48.5 Å². The van der Waals surface area contributed by atoms with E-state index in [1.165, 1.54) is 0 Å². The first kappa shape index (κ1) is 21.6. The molecule has 0 heterocycles. The van der Waals surface area contributed by atoms with Gasteiger partial charge in [-0.25, -0.2) is 0 Å².